The summed E-state index contributed by atoms with van der Waals surface area (Å²) in [5.41, 5.74) is 13.1. The van der Waals surface area contributed by atoms with Gasteiger partial charge in [-0.15, -0.1) is 0 Å². The van der Waals surface area contributed by atoms with Gasteiger partial charge in [0, 0.05) is 13.1 Å². The molecule has 0 atom stereocenters. The number of hydrogen-bond acceptors (Lipinski definition) is 3. The summed E-state index contributed by atoms with van der Waals surface area (Å²) in [5, 5.41) is 13.9. The number of carbonyl (C=O) groups is 1. The predicted molar refractivity (Wildman–Crippen MR) is 52.9 cm³/mol. The number of benzene rings is 1. The van der Waals surface area contributed by atoms with Gasteiger partial charge in [0.25, 0.3) is 0 Å². The van der Waals surface area contributed by atoms with E-state index in [2.05, 4.69) is 0 Å². The number of hydrogen-bond donors (Lipinski definition) is 4. The second-order valence-corrected chi connectivity index (χ2v) is 2.51. The van der Waals surface area contributed by atoms with Crippen molar-refractivity contribution in [3.8, 4) is 0 Å². The van der Waals surface area contributed by atoms with E-state index in [0.29, 0.717) is 13.1 Å². The van der Waals surface area contributed by atoms with Crippen LogP contribution in [0.15, 0.2) is 24.3 Å². The first kappa shape index (κ1) is 12.4. The molecule has 0 fully saturated rings. The van der Waals surface area contributed by atoms with E-state index in [1.54, 1.807) is 0 Å². The van der Waals surface area contributed by atoms with Gasteiger partial charge in [-0.1, -0.05) is 24.3 Å². The van der Waals surface area contributed by atoms with Crippen LogP contribution in [0.3, 0.4) is 0 Å². The number of rotatable bonds is 2. The Bertz CT molecular complexity index is 245. The molecule has 0 saturated heterocycles. The van der Waals surface area contributed by atoms with Crippen molar-refractivity contribution in [1.29, 1.82) is 0 Å². The SMILES string of the molecule is NCc1ccc(CN)cc1.O=C(O)O. The number of nitrogens with two attached hydrogens (primary N) is 2. The van der Waals surface area contributed by atoms with Crippen LogP contribution in [-0.4, -0.2) is 16.4 Å². The summed E-state index contributed by atoms with van der Waals surface area (Å²) in [6, 6.07) is 8.01. The van der Waals surface area contributed by atoms with Crippen molar-refractivity contribution in [1.82, 2.24) is 0 Å². The van der Waals surface area contributed by atoms with Crippen LogP contribution in [0, 0.1) is 0 Å². The molecule has 0 aliphatic carbocycles. The fraction of sp³-hybridized carbons (Fsp3) is 0.222. The normalized spacial score (nSPS) is 8.71. The summed E-state index contributed by atoms with van der Waals surface area (Å²) in [7, 11) is 0. The zero-order valence-corrected chi connectivity index (χ0v) is 7.68. The lowest BCUT2D eigenvalue weighted by atomic mass is 10.1. The van der Waals surface area contributed by atoms with Crippen LogP contribution in [0.4, 0.5) is 4.79 Å². The van der Waals surface area contributed by atoms with E-state index in [4.69, 9.17) is 26.5 Å². The van der Waals surface area contributed by atoms with E-state index in [0.717, 1.165) is 11.1 Å². The lowest BCUT2D eigenvalue weighted by molar-refractivity contribution is 0.137. The molecule has 6 N–H and O–H groups in total. The highest BCUT2D eigenvalue weighted by atomic mass is 16.6. The molecule has 0 aliphatic rings. The molecule has 0 amide bonds. The van der Waals surface area contributed by atoms with Crippen molar-refractivity contribution in [3.63, 3.8) is 0 Å². The van der Waals surface area contributed by atoms with E-state index in [9.17, 15) is 0 Å². The van der Waals surface area contributed by atoms with Gasteiger partial charge in [-0.3, -0.25) is 0 Å². The molecule has 0 aromatic heterocycles. The third-order valence-electron chi connectivity index (χ3n) is 1.49. The second kappa shape index (κ2) is 6.88. The molecule has 0 saturated carbocycles. The fourth-order valence-corrected chi connectivity index (χ4v) is 0.811. The fourth-order valence-electron chi connectivity index (χ4n) is 0.811. The highest BCUT2D eigenvalue weighted by Gasteiger charge is 1.88. The Morgan fingerprint density at radius 2 is 1.21 bits per heavy atom. The molecule has 0 bridgehead atoms. The lowest BCUT2D eigenvalue weighted by Crippen LogP contribution is -1.98. The van der Waals surface area contributed by atoms with Gasteiger partial charge in [0.1, 0.15) is 0 Å². The van der Waals surface area contributed by atoms with Crippen molar-refractivity contribution in [3.05, 3.63) is 35.4 Å². The standard InChI is InChI=1S/C8H12N2.CH2O3/c9-5-7-1-2-8(6-10)4-3-7;2-1(3)4/h1-4H,5-6,9-10H2;(H2,2,3,4). The van der Waals surface area contributed by atoms with Gasteiger partial charge in [0.2, 0.25) is 0 Å². The molecule has 0 aliphatic heterocycles. The van der Waals surface area contributed by atoms with E-state index < -0.39 is 6.16 Å². The van der Waals surface area contributed by atoms with Gasteiger partial charge in [-0.05, 0) is 11.1 Å². The Balaban J connectivity index is 0.000000364. The first-order valence-electron chi connectivity index (χ1n) is 4.00. The third kappa shape index (κ3) is 5.99. The van der Waals surface area contributed by atoms with E-state index >= 15 is 0 Å². The molecular weight excluding hydrogens is 184 g/mol. The van der Waals surface area contributed by atoms with E-state index in [1.807, 2.05) is 24.3 Å². The summed E-state index contributed by atoms with van der Waals surface area (Å²) in [6.45, 7) is 1.20. The topological polar surface area (TPSA) is 110 Å². The minimum Gasteiger partial charge on any atom is -0.450 e. The third-order valence-corrected chi connectivity index (χ3v) is 1.49. The molecule has 0 unspecified atom stereocenters. The molecular formula is C9H14N2O3. The summed E-state index contributed by atoms with van der Waals surface area (Å²) < 4.78 is 0. The summed E-state index contributed by atoms with van der Waals surface area (Å²) in [6.07, 6.45) is -1.83. The molecule has 5 nitrogen and oxygen atoms in total. The average molecular weight is 198 g/mol. The van der Waals surface area contributed by atoms with Crippen molar-refractivity contribution in [2.45, 2.75) is 13.1 Å². The van der Waals surface area contributed by atoms with Crippen molar-refractivity contribution >= 4 is 6.16 Å². The molecule has 1 aromatic rings. The zero-order chi connectivity index (χ0) is 11.0. The van der Waals surface area contributed by atoms with Gasteiger partial charge in [-0.2, -0.15) is 0 Å². The number of carboxylic acid groups (broad SMARTS) is 2. The van der Waals surface area contributed by atoms with Gasteiger partial charge >= 0.3 is 6.16 Å². The van der Waals surface area contributed by atoms with Gasteiger partial charge < -0.3 is 21.7 Å². The molecule has 1 aromatic carbocycles. The monoisotopic (exact) mass is 198 g/mol. The zero-order valence-electron chi connectivity index (χ0n) is 7.68. The summed E-state index contributed by atoms with van der Waals surface area (Å²) in [5.74, 6) is 0. The second-order valence-electron chi connectivity index (χ2n) is 2.51. The lowest BCUT2D eigenvalue weighted by Gasteiger charge is -1.97. The minimum atomic E-state index is -1.83. The summed E-state index contributed by atoms with van der Waals surface area (Å²) in [4.78, 5) is 8.56. The van der Waals surface area contributed by atoms with Crippen LogP contribution in [0.25, 0.3) is 0 Å². The molecule has 78 valence electrons. The van der Waals surface area contributed by atoms with Crippen LogP contribution in [0.2, 0.25) is 0 Å². The van der Waals surface area contributed by atoms with Crippen LogP contribution < -0.4 is 11.5 Å². The Hall–Kier alpha value is -1.59. The first-order valence-corrected chi connectivity index (χ1v) is 4.00. The Morgan fingerprint density at radius 3 is 1.36 bits per heavy atom. The van der Waals surface area contributed by atoms with Crippen molar-refractivity contribution in [2.75, 3.05) is 0 Å². The van der Waals surface area contributed by atoms with Gasteiger partial charge in [0.05, 0.1) is 0 Å². The minimum absolute atomic E-state index is 0.602. The molecule has 0 heterocycles. The molecule has 14 heavy (non-hydrogen) atoms. The maximum absolute atomic E-state index is 8.56. The Labute approximate surface area is 82.0 Å². The van der Waals surface area contributed by atoms with E-state index in [-0.39, 0.29) is 0 Å². The van der Waals surface area contributed by atoms with Crippen LogP contribution in [0.1, 0.15) is 11.1 Å². The van der Waals surface area contributed by atoms with Gasteiger partial charge in [0.15, 0.2) is 0 Å². The first-order chi connectivity index (χ1) is 6.60. The smallest absolute Gasteiger partial charge is 0.450 e. The Morgan fingerprint density at radius 1 is 1.00 bits per heavy atom. The van der Waals surface area contributed by atoms with Crippen molar-refractivity contribution in [2.24, 2.45) is 11.5 Å². The Kier molecular flexibility index (Phi) is 6.09. The van der Waals surface area contributed by atoms with Crippen LogP contribution >= 0.6 is 0 Å². The highest BCUT2D eigenvalue weighted by Crippen LogP contribution is 2.01. The predicted octanol–water partition coefficient (Wildman–Crippen LogP) is 0.826. The average Bonchev–Trinajstić information content (AvgIpc) is 2.17. The maximum Gasteiger partial charge on any atom is 0.503 e. The molecule has 0 spiro atoms. The van der Waals surface area contributed by atoms with Crippen LogP contribution in [-0.2, 0) is 13.1 Å². The van der Waals surface area contributed by atoms with E-state index in [1.165, 1.54) is 0 Å². The molecule has 1 rings (SSSR count). The van der Waals surface area contributed by atoms with Crippen LogP contribution in [0.5, 0.6) is 0 Å². The largest absolute Gasteiger partial charge is 0.503 e. The molecule has 5 heteroatoms. The molecule has 0 radical (unpaired) electrons. The maximum atomic E-state index is 8.56. The van der Waals surface area contributed by atoms with Crippen molar-refractivity contribution < 1.29 is 15.0 Å². The highest BCUT2D eigenvalue weighted by molar-refractivity contribution is 5.53. The van der Waals surface area contributed by atoms with Gasteiger partial charge in [-0.25, -0.2) is 4.79 Å². The summed E-state index contributed by atoms with van der Waals surface area (Å²) >= 11 is 0. The quantitative estimate of drug-likeness (QED) is 0.562.